The van der Waals surface area contributed by atoms with Crippen molar-refractivity contribution < 1.29 is 0 Å². The summed E-state index contributed by atoms with van der Waals surface area (Å²) in [5.74, 6) is 1.40. The second-order valence-electron chi connectivity index (χ2n) is 5.19. The van der Waals surface area contributed by atoms with Gasteiger partial charge in [-0.2, -0.15) is 0 Å². The molecule has 0 bridgehead atoms. The van der Waals surface area contributed by atoms with Crippen LogP contribution in [0.3, 0.4) is 0 Å². The highest BCUT2D eigenvalue weighted by atomic mass is 32.1. The van der Waals surface area contributed by atoms with Crippen LogP contribution in [0.2, 0.25) is 0 Å². The van der Waals surface area contributed by atoms with Crippen molar-refractivity contribution in [3.63, 3.8) is 0 Å². The third-order valence-corrected chi connectivity index (χ3v) is 4.84. The second kappa shape index (κ2) is 7.17. The predicted octanol–water partition coefficient (Wildman–Crippen LogP) is 4.64. The Bertz CT molecular complexity index is 316. The first-order valence-electron chi connectivity index (χ1n) is 6.92. The maximum atomic E-state index is 3.71. The van der Waals surface area contributed by atoms with Crippen molar-refractivity contribution in [3.8, 4) is 0 Å². The molecular weight excluding hydrogens is 226 g/mol. The highest BCUT2D eigenvalue weighted by molar-refractivity contribution is 7.12. The Morgan fingerprint density at radius 2 is 1.88 bits per heavy atom. The monoisotopic (exact) mass is 253 g/mol. The molecule has 0 saturated carbocycles. The van der Waals surface area contributed by atoms with Gasteiger partial charge < -0.3 is 5.32 Å². The lowest BCUT2D eigenvalue weighted by Crippen LogP contribution is -2.29. The van der Waals surface area contributed by atoms with Crippen molar-refractivity contribution in [2.24, 2.45) is 11.8 Å². The lowest BCUT2D eigenvalue weighted by Gasteiger charge is -2.27. The van der Waals surface area contributed by atoms with Gasteiger partial charge in [0, 0.05) is 15.8 Å². The lowest BCUT2D eigenvalue weighted by molar-refractivity contribution is 0.307. The van der Waals surface area contributed by atoms with Crippen LogP contribution < -0.4 is 5.32 Å². The Morgan fingerprint density at radius 1 is 1.18 bits per heavy atom. The molecule has 1 rings (SSSR count). The van der Waals surface area contributed by atoms with E-state index in [0.717, 1.165) is 18.9 Å². The summed E-state index contributed by atoms with van der Waals surface area (Å²) in [6.07, 6.45) is 2.36. The average molecular weight is 253 g/mol. The molecule has 1 heterocycles. The first-order valence-corrected chi connectivity index (χ1v) is 7.73. The fourth-order valence-corrected chi connectivity index (χ4v) is 3.13. The molecule has 1 aromatic rings. The summed E-state index contributed by atoms with van der Waals surface area (Å²) in [7, 11) is 0. The molecule has 0 saturated heterocycles. The summed E-state index contributed by atoms with van der Waals surface area (Å²) in [4.78, 5) is 3.01. The minimum atomic E-state index is 0.528. The van der Waals surface area contributed by atoms with E-state index in [9.17, 15) is 0 Å². The molecule has 0 amide bonds. The summed E-state index contributed by atoms with van der Waals surface area (Å²) in [6, 6.07) is 5.13. The van der Waals surface area contributed by atoms with Gasteiger partial charge >= 0.3 is 0 Å². The van der Waals surface area contributed by atoms with Gasteiger partial charge in [0.2, 0.25) is 0 Å². The summed E-state index contributed by atoms with van der Waals surface area (Å²) in [5, 5.41) is 3.71. The minimum Gasteiger partial charge on any atom is -0.309 e. The molecule has 0 aliphatic rings. The fourth-order valence-electron chi connectivity index (χ4n) is 1.98. The van der Waals surface area contributed by atoms with Gasteiger partial charge in [0.15, 0.2) is 0 Å². The first-order chi connectivity index (χ1) is 8.10. The zero-order valence-electron chi connectivity index (χ0n) is 11.9. The predicted molar refractivity (Wildman–Crippen MR) is 78.7 cm³/mol. The van der Waals surface area contributed by atoms with Crippen molar-refractivity contribution in [1.82, 2.24) is 5.32 Å². The maximum absolute atomic E-state index is 3.71. The lowest BCUT2D eigenvalue weighted by atomic mass is 9.89. The zero-order valence-corrected chi connectivity index (χ0v) is 12.7. The molecule has 2 unspecified atom stereocenters. The van der Waals surface area contributed by atoms with Crippen LogP contribution in [0.15, 0.2) is 12.1 Å². The number of nitrogens with one attached hydrogen (secondary N) is 1. The van der Waals surface area contributed by atoms with Gasteiger partial charge in [-0.1, -0.05) is 34.6 Å². The molecule has 0 fully saturated rings. The van der Waals surface area contributed by atoms with E-state index in [-0.39, 0.29) is 0 Å². The highest BCUT2D eigenvalue weighted by Gasteiger charge is 2.22. The molecule has 0 radical (unpaired) electrons. The second-order valence-corrected chi connectivity index (χ2v) is 6.39. The van der Waals surface area contributed by atoms with Crippen molar-refractivity contribution in [2.45, 2.75) is 53.5 Å². The van der Waals surface area contributed by atoms with Gasteiger partial charge in [-0.25, -0.2) is 0 Å². The van der Waals surface area contributed by atoms with Gasteiger partial charge in [-0.3, -0.25) is 0 Å². The van der Waals surface area contributed by atoms with E-state index in [2.05, 4.69) is 52.1 Å². The van der Waals surface area contributed by atoms with E-state index in [1.807, 2.05) is 11.3 Å². The molecule has 1 nitrogen and oxygen atoms in total. The van der Waals surface area contributed by atoms with E-state index >= 15 is 0 Å². The SMILES string of the molecule is CCCNC(c1ccc(CC)s1)C(C)C(C)C. The Morgan fingerprint density at radius 3 is 2.35 bits per heavy atom. The smallest absolute Gasteiger partial charge is 0.0443 e. The average Bonchev–Trinajstić information content (AvgIpc) is 2.77. The molecule has 1 aromatic heterocycles. The topological polar surface area (TPSA) is 12.0 Å². The summed E-state index contributed by atoms with van der Waals surface area (Å²) in [5.41, 5.74) is 0. The van der Waals surface area contributed by atoms with Crippen molar-refractivity contribution in [2.75, 3.05) is 6.54 Å². The van der Waals surface area contributed by atoms with Crippen LogP contribution in [-0.4, -0.2) is 6.54 Å². The van der Waals surface area contributed by atoms with Crippen LogP contribution in [0.25, 0.3) is 0 Å². The fraction of sp³-hybridized carbons (Fsp3) is 0.733. The molecule has 98 valence electrons. The zero-order chi connectivity index (χ0) is 12.8. The van der Waals surface area contributed by atoms with Gasteiger partial charge in [-0.05, 0) is 43.4 Å². The quantitative estimate of drug-likeness (QED) is 0.746. The number of rotatable bonds is 7. The van der Waals surface area contributed by atoms with E-state index in [1.54, 1.807) is 0 Å². The van der Waals surface area contributed by atoms with Crippen LogP contribution in [0, 0.1) is 11.8 Å². The Hall–Kier alpha value is -0.340. The minimum absolute atomic E-state index is 0.528. The molecule has 17 heavy (non-hydrogen) atoms. The van der Waals surface area contributed by atoms with Gasteiger partial charge in [0.05, 0.1) is 0 Å². The molecule has 0 aromatic carbocycles. The van der Waals surface area contributed by atoms with Crippen LogP contribution in [0.1, 0.15) is 56.8 Å². The highest BCUT2D eigenvalue weighted by Crippen LogP contribution is 2.32. The number of thiophene rings is 1. The van der Waals surface area contributed by atoms with E-state index < -0.39 is 0 Å². The summed E-state index contributed by atoms with van der Waals surface area (Å²) in [6.45, 7) is 12.6. The van der Waals surface area contributed by atoms with Crippen LogP contribution in [0.4, 0.5) is 0 Å². The summed E-state index contributed by atoms with van der Waals surface area (Å²) >= 11 is 1.97. The number of hydrogen-bond acceptors (Lipinski definition) is 2. The molecule has 2 atom stereocenters. The Kier molecular flexibility index (Phi) is 6.21. The normalized spacial score (nSPS) is 15.2. The van der Waals surface area contributed by atoms with Crippen molar-refractivity contribution >= 4 is 11.3 Å². The maximum Gasteiger partial charge on any atom is 0.0443 e. The van der Waals surface area contributed by atoms with Crippen LogP contribution in [0.5, 0.6) is 0 Å². The van der Waals surface area contributed by atoms with E-state index in [1.165, 1.54) is 16.2 Å². The number of hydrogen-bond donors (Lipinski definition) is 1. The standard InChI is InChI=1S/C15H27NS/c1-6-10-16-15(12(5)11(3)4)14-9-8-13(7-2)17-14/h8-9,11-12,15-16H,6-7,10H2,1-5H3. The number of aryl methyl sites for hydroxylation is 1. The Labute approximate surface area is 111 Å². The molecule has 0 aliphatic heterocycles. The van der Waals surface area contributed by atoms with Gasteiger partial charge in [0.1, 0.15) is 0 Å². The third-order valence-electron chi connectivity index (χ3n) is 3.53. The summed E-state index contributed by atoms with van der Waals surface area (Å²) < 4.78 is 0. The molecule has 0 spiro atoms. The molecule has 2 heteroatoms. The molecule has 1 N–H and O–H groups in total. The molecule has 0 aliphatic carbocycles. The van der Waals surface area contributed by atoms with Gasteiger partial charge in [0.25, 0.3) is 0 Å². The van der Waals surface area contributed by atoms with Crippen LogP contribution >= 0.6 is 11.3 Å². The van der Waals surface area contributed by atoms with Crippen LogP contribution in [-0.2, 0) is 6.42 Å². The van der Waals surface area contributed by atoms with E-state index in [4.69, 9.17) is 0 Å². The van der Waals surface area contributed by atoms with Gasteiger partial charge in [-0.15, -0.1) is 11.3 Å². The third kappa shape index (κ3) is 4.11. The molecular formula is C15H27NS. The van der Waals surface area contributed by atoms with E-state index in [0.29, 0.717) is 12.0 Å². The van der Waals surface area contributed by atoms with Crippen molar-refractivity contribution in [3.05, 3.63) is 21.9 Å². The Balaban J connectivity index is 2.81. The largest absolute Gasteiger partial charge is 0.309 e. The van der Waals surface area contributed by atoms with Crippen molar-refractivity contribution in [1.29, 1.82) is 0 Å². The first kappa shape index (κ1) is 14.7.